The fraction of sp³-hybridized carbons (Fsp3) is 0.286. The first-order valence-electron chi connectivity index (χ1n) is 9.14. The van der Waals surface area contributed by atoms with Crippen LogP contribution >= 0.6 is 23.1 Å². The van der Waals surface area contributed by atoms with E-state index in [1.807, 2.05) is 42.7 Å². The van der Waals surface area contributed by atoms with E-state index in [1.54, 1.807) is 11.3 Å². The molecule has 5 nitrogen and oxygen atoms in total. The fourth-order valence-corrected chi connectivity index (χ4v) is 4.46. The topological polar surface area (TPSA) is 59.8 Å². The summed E-state index contributed by atoms with van der Waals surface area (Å²) >= 11 is 3.11. The summed E-state index contributed by atoms with van der Waals surface area (Å²) in [6, 6.07) is 8.13. The van der Waals surface area contributed by atoms with E-state index in [4.69, 9.17) is 0 Å². The highest BCUT2D eigenvalue weighted by atomic mass is 32.2. The van der Waals surface area contributed by atoms with Gasteiger partial charge in [0.15, 0.2) is 11.0 Å². The number of aromatic nitrogens is 3. The Kier molecular flexibility index (Phi) is 6.70. The molecule has 3 rings (SSSR count). The number of carbonyl (C=O) groups is 1. The maximum absolute atomic E-state index is 12.5. The van der Waals surface area contributed by atoms with Gasteiger partial charge in [-0.05, 0) is 37.5 Å². The van der Waals surface area contributed by atoms with Gasteiger partial charge in [0.2, 0.25) is 5.91 Å². The molecule has 0 radical (unpaired) electrons. The highest BCUT2D eigenvalue weighted by Gasteiger charge is 2.16. The Morgan fingerprint density at radius 1 is 1.32 bits per heavy atom. The van der Waals surface area contributed by atoms with Crippen LogP contribution in [0.1, 0.15) is 22.9 Å². The SMILES string of the molecule is C=CCn1c(SCC(=O)Nc2c(C)cccc2C)nnc1-c1csc(CC)c1. The van der Waals surface area contributed by atoms with E-state index in [0.29, 0.717) is 6.54 Å². The van der Waals surface area contributed by atoms with Gasteiger partial charge in [0.1, 0.15) is 0 Å². The van der Waals surface area contributed by atoms with Crippen molar-refractivity contribution >= 4 is 34.7 Å². The summed E-state index contributed by atoms with van der Waals surface area (Å²) in [7, 11) is 0. The molecule has 3 aromatic rings. The van der Waals surface area contributed by atoms with Gasteiger partial charge in [-0.15, -0.1) is 28.1 Å². The Balaban J connectivity index is 1.73. The Morgan fingerprint density at radius 2 is 2.07 bits per heavy atom. The normalized spacial score (nSPS) is 10.8. The number of thiophene rings is 1. The average Bonchev–Trinajstić information content (AvgIpc) is 3.30. The van der Waals surface area contributed by atoms with E-state index in [2.05, 4.69) is 40.5 Å². The number of allylic oxidation sites excluding steroid dienone is 1. The van der Waals surface area contributed by atoms with Crippen molar-refractivity contribution in [1.29, 1.82) is 0 Å². The molecule has 1 amide bonds. The van der Waals surface area contributed by atoms with Crippen LogP contribution in [0, 0.1) is 13.8 Å². The average molecular weight is 413 g/mol. The molecule has 7 heteroatoms. The number of amides is 1. The van der Waals surface area contributed by atoms with Crippen molar-refractivity contribution in [2.24, 2.45) is 0 Å². The van der Waals surface area contributed by atoms with Crippen molar-refractivity contribution in [3.05, 3.63) is 58.3 Å². The van der Waals surface area contributed by atoms with Crippen LogP contribution in [0.3, 0.4) is 0 Å². The van der Waals surface area contributed by atoms with E-state index >= 15 is 0 Å². The number of thioether (sulfide) groups is 1. The van der Waals surface area contributed by atoms with Crippen molar-refractivity contribution in [3.63, 3.8) is 0 Å². The largest absolute Gasteiger partial charge is 0.325 e. The van der Waals surface area contributed by atoms with Gasteiger partial charge in [0.25, 0.3) is 0 Å². The second kappa shape index (κ2) is 9.21. The molecule has 146 valence electrons. The maximum atomic E-state index is 12.5. The summed E-state index contributed by atoms with van der Waals surface area (Å²) < 4.78 is 2.01. The monoisotopic (exact) mass is 412 g/mol. The first-order valence-corrected chi connectivity index (χ1v) is 11.0. The van der Waals surface area contributed by atoms with Crippen molar-refractivity contribution in [2.45, 2.75) is 38.9 Å². The Hall–Kier alpha value is -2.38. The minimum Gasteiger partial charge on any atom is -0.325 e. The van der Waals surface area contributed by atoms with Crippen LogP contribution in [-0.4, -0.2) is 26.4 Å². The quantitative estimate of drug-likeness (QED) is 0.413. The highest BCUT2D eigenvalue weighted by molar-refractivity contribution is 7.99. The van der Waals surface area contributed by atoms with Crippen molar-refractivity contribution in [1.82, 2.24) is 14.8 Å². The molecule has 28 heavy (non-hydrogen) atoms. The Morgan fingerprint density at radius 3 is 2.71 bits per heavy atom. The predicted octanol–water partition coefficient (Wildman–Crippen LogP) is 5.10. The van der Waals surface area contributed by atoms with Crippen LogP contribution in [0.15, 0.2) is 47.5 Å². The summed E-state index contributed by atoms with van der Waals surface area (Å²) in [5.41, 5.74) is 4.05. The van der Waals surface area contributed by atoms with Gasteiger partial charge in [0, 0.05) is 28.1 Å². The molecule has 2 heterocycles. The van der Waals surface area contributed by atoms with Crippen LogP contribution < -0.4 is 5.32 Å². The molecule has 0 aliphatic rings. The summed E-state index contributed by atoms with van der Waals surface area (Å²) in [5.74, 6) is 1.03. The lowest BCUT2D eigenvalue weighted by atomic mass is 10.1. The number of nitrogens with zero attached hydrogens (tertiary/aromatic N) is 3. The molecule has 0 saturated heterocycles. The zero-order valence-corrected chi connectivity index (χ0v) is 18.0. The van der Waals surface area contributed by atoms with E-state index in [-0.39, 0.29) is 11.7 Å². The molecule has 0 fully saturated rings. The lowest BCUT2D eigenvalue weighted by Crippen LogP contribution is -2.16. The summed E-state index contributed by atoms with van der Waals surface area (Å²) in [6.45, 7) is 10.6. The third-order valence-electron chi connectivity index (χ3n) is 4.37. The van der Waals surface area contributed by atoms with Crippen LogP contribution in [0.25, 0.3) is 11.4 Å². The number of nitrogens with one attached hydrogen (secondary N) is 1. The summed E-state index contributed by atoms with van der Waals surface area (Å²) in [4.78, 5) is 13.8. The molecule has 0 spiro atoms. The summed E-state index contributed by atoms with van der Waals surface area (Å²) in [6.07, 6.45) is 2.82. The fourth-order valence-electron chi connectivity index (χ4n) is 2.90. The molecule has 1 N–H and O–H groups in total. The molecule has 1 aromatic carbocycles. The third kappa shape index (κ3) is 4.54. The maximum Gasteiger partial charge on any atom is 0.234 e. The number of hydrogen-bond acceptors (Lipinski definition) is 5. The van der Waals surface area contributed by atoms with Gasteiger partial charge >= 0.3 is 0 Å². The molecular formula is C21H24N4OS2. The first kappa shape index (κ1) is 20.4. The van der Waals surface area contributed by atoms with Gasteiger partial charge in [-0.1, -0.05) is 43.0 Å². The number of carbonyl (C=O) groups excluding carboxylic acids is 1. The zero-order valence-electron chi connectivity index (χ0n) is 16.4. The minimum atomic E-state index is -0.0547. The van der Waals surface area contributed by atoms with Crippen molar-refractivity contribution in [3.8, 4) is 11.4 Å². The van der Waals surface area contributed by atoms with E-state index in [9.17, 15) is 4.79 Å². The molecular weight excluding hydrogens is 388 g/mol. The predicted molar refractivity (Wildman–Crippen MR) is 118 cm³/mol. The number of para-hydroxylation sites is 1. The molecule has 0 bridgehead atoms. The van der Waals surface area contributed by atoms with Crippen LogP contribution in [0.5, 0.6) is 0 Å². The molecule has 0 aliphatic carbocycles. The number of anilines is 1. The van der Waals surface area contributed by atoms with E-state index in [0.717, 1.165) is 39.8 Å². The number of rotatable bonds is 8. The molecule has 0 unspecified atom stereocenters. The smallest absolute Gasteiger partial charge is 0.234 e. The lowest BCUT2D eigenvalue weighted by Gasteiger charge is -2.11. The van der Waals surface area contributed by atoms with E-state index < -0.39 is 0 Å². The number of aryl methyl sites for hydroxylation is 3. The molecule has 0 atom stereocenters. The Labute approximate surface area is 173 Å². The molecule has 0 aliphatic heterocycles. The Bertz CT molecular complexity index is 970. The van der Waals surface area contributed by atoms with Gasteiger partial charge in [-0.25, -0.2) is 0 Å². The second-order valence-electron chi connectivity index (χ2n) is 6.46. The summed E-state index contributed by atoms with van der Waals surface area (Å²) in [5, 5.41) is 14.5. The van der Waals surface area contributed by atoms with Gasteiger partial charge in [0.05, 0.1) is 5.75 Å². The van der Waals surface area contributed by atoms with Gasteiger partial charge in [-0.3, -0.25) is 9.36 Å². The van der Waals surface area contributed by atoms with Crippen LogP contribution in [0.2, 0.25) is 0 Å². The number of benzene rings is 1. The number of hydrogen-bond donors (Lipinski definition) is 1. The standard InChI is InChI=1S/C21H24N4OS2/c1-5-10-25-20(16-11-17(6-2)27-12-16)23-24-21(25)28-13-18(26)22-19-14(3)8-7-9-15(19)4/h5,7-9,11-12H,1,6,10,13H2,2-4H3,(H,22,26). The zero-order chi connectivity index (χ0) is 20.1. The molecule has 2 aromatic heterocycles. The lowest BCUT2D eigenvalue weighted by molar-refractivity contribution is -0.113. The second-order valence-corrected chi connectivity index (χ2v) is 8.40. The first-order chi connectivity index (χ1) is 13.5. The van der Waals surface area contributed by atoms with E-state index in [1.165, 1.54) is 16.6 Å². The van der Waals surface area contributed by atoms with Gasteiger partial charge in [-0.2, -0.15) is 0 Å². The van der Waals surface area contributed by atoms with Crippen molar-refractivity contribution < 1.29 is 4.79 Å². The third-order valence-corrected chi connectivity index (χ3v) is 6.41. The highest BCUT2D eigenvalue weighted by Crippen LogP contribution is 2.28. The molecule has 0 saturated carbocycles. The van der Waals surface area contributed by atoms with Crippen LogP contribution in [0.4, 0.5) is 5.69 Å². The minimum absolute atomic E-state index is 0.0547. The van der Waals surface area contributed by atoms with Crippen LogP contribution in [-0.2, 0) is 17.8 Å². The van der Waals surface area contributed by atoms with Gasteiger partial charge < -0.3 is 5.32 Å². The van der Waals surface area contributed by atoms with Crippen molar-refractivity contribution in [2.75, 3.05) is 11.1 Å².